The second kappa shape index (κ2) is 7.26. The van der Waals surface area contributed by atoms with Gasteiger partial charge in [0.15, 0.2) is 0 Å². The van der Waals surface area contributed by atoms with Crippen LogP contribution in [0.4, 0.5) is 5.82 Å². The Bertz CT molecular complexity index is 894. The minimum atomic E-state index is -0.00670. The number of anilines is 1. The van der Waals surface area contributed by atoms with E-state index in [1.54, 1.807) is 10.9 Å². The van der Waals surface area contributed by atoms with E-state index in [1.165, 1.54) is 12.3 Å². The largest absolute Gasteiger partial charge is 0.376 e. The van der Waals surface area contributed by atoms with Crippen molar-refractivity contribution in [2.75, 3.05) is 24.6 Å². The van der Waals surface area contributed by atoms with Crippen molar-refractivity contribution in [3.05, 3.63) is 51.8 Å². The number of hydrogen-bond donors (Lipinski definition) is 0. The molecule has 2 aromatic heterocycles. The molecule has 0 aliphatic carbocycles. The average Bonchev–Trinajstić information content (AvgIpc) is 2.69. The van der Waals surface area contributed by atoms with Crippen LogP contribution in [-0.4, -0.2) is 34.2 Å². The lowest BCUT2D eigenvalue weighted by Gasteiger charge is -2.34. The van der Waals surface area contributed by atoms with Crippen LogP contribution < -0.4 is 10.5 Å². The van der Waals surface area contributed by atoms with E-state index >= 15 is 0 Å². The monoisotopic (exact) mass is 351 g/mol. The molecule has 0 atom stereocenters. The molecule has 1 fully saturated rings. The molecule has 1 saturated heterocycles. The van der Waals surface area contributed by atoms with Crippen LogP contribution in [0.3, 0.4) is 0 Å². The van der Waals surface area contributed by atoms with Gasteiger partial charge in [0, 0.05) is 43.9 Å². The van der Waals surface area contributed by atoms with Gasteiger partial charge in [-0.05, 0) is 24.8 Å². The molecule has 0 amide bonds. The van der Waals surface area contributed by atoms with Crippen LogP contribution in [0.2, 0.25) is 0 Å². The number of piperidine rings is 1. The fourth-order valence-electron chi connectivity index (χ4n) is 3.72. The van der Waals surface area contributed by atoms with Gasteiger partial charge in [-0.3, -0.25) is 9.36 Å². The number of ether oxygens (including phenoxy) is 1. The molecule has 4 rings (SSSR count). The van der Waals surface area contributed by atoms with Crippen LogP contribution in [0.25, 0.3) is 0 Å². The van der Waals surface area contributed by atoms with Crippen molar-refractivity contribution in [1.82, 2.24) is 14.5 Å². The molecular formula is C19H21N5O2. The van der Waals surface area contributed by atoms with E-state index in [-0.39, 0.29) is 5.56 Å². The summed E-state index contributed by atoms with van der Waals surface area (Å²) >= 11 is 0. The molecular weight excluding hydrogens is 330 g/mol. The lowest BCUT2D eigenvalue weighted by molar-refractivity contribution is 0.109. The summed E-state index contributed by atoms with van der Waals surface area (Å²) in [4.78, 5) is 22.9. The summed E-state index contributed by atoms with van der Waals surface area (Å²) in [6, 6.07) is 5.71. The topological polar surface area (TPSA) is 84.0 Å². The Labute approximate surface area is 151 Å². The molecule has 4 heterocycles. The molecule has 0 radical (unpaired) electrons. The second-order valence-corrected chi connectivity index (χ2v) is 6.88. The van der Waals surface area contributed by atoms with Crippen LogP contribution in [0.5, 0.6) is 0 Å². The van der Waals surface area contributed by atoms with Gasteiger partial charge in [0.25, 0.3) is 5.56 Å². The minimum Gasteiger partial charge on any atom is -0.376 e. The Morgan fingerprint density at radius 1 is 1.35 bits per heavy atom. The van der Waals surface area contributed by atoms with Gasteiger partial charge in [0.2, 0.25) is 0 Å². The molecule has 0 bridgehead atoms. The standard InChI is InChI=1S/C19H21N5O2/c20-10-15-9-16-12-26-8-4-17(16)22-19(15)23-6-2-14(3-7-23)11-24-13-21-5-1-18(24)25/h1,5,9,13-14H,2-4,6-8,11-12H2. The predicted molar refractivity (Wildman–Crippen MR) is 95.7 cm³/mol. The molecule has 2 aliphatic heterocycles. The summed E-state index contributed by atoms with van der Waals surface area (Å²) in [5.74, 6) is 1.23. The molecule has 0 aromatic carbocycles. The zero-order valence-electron chi connectivity index (χ0n) is 14.6. The van der Waals surface area contributed by atoms with Crippen molar-refractivity contribution in [2.24, 2.45) is 5.92 Å². The predicted octanol–water partition coefficient (Wildman–Crippen LogP) is 1.50. The number of fused-ring (bicyclic) bond motifs is 1. The van der Waals surface area contributed by atoms with Crippen molar-refractivity contribution >= 4 is 5.82 Å². The summed E-state index contributed by atoms with van der Waals surface area (Å²) in [5.41, 5.74) is 2.70. The number of nitriles is 1. The fourth-order valence-corrected chi connectivity index (χ4v) is 3.72. The van der Waals surface area contributed by atoms with Crippen LogP contribution >= 0.6 is 0 Å². The molecule has 7 nitrogen and oxygen atoms in total. The fraction of sp³-hybridized carbons (Fsp3) is 0.474. The average molecular weight is 351 g/mol. The first kappa shape index (κ1) is 16.7. The summed E-state index contributed by atoms with van der Waals surface area (Å²) in [6.07, 6.45) is 5.86. The normalized spacial score (nSPS) is 17.6. The van der Waals surface area contributed by atoms with Gasteiger partial charge in [-0.15, -0.1) is 0 Å². The van der Waals surface area contributed by atoms with E-state index in [1.807, 2.05) is 6.07 Å². The maximum Gasteiger partial charge on any atom is 0.253 e. The summed E-state index contributed by atoms with van der Waals surface area (Å²) in [6.45, 7) is 3.61. The number of rotatable bonds is 3. The van der Waals surface area contributed by atoms with Crippen LogP contribution in [0.15, 0.2) is 29.5 Å². The van der Waals surface area contributed by atoms with Crippen molar-refractivity contribution < 1.29 is 4.74 Å². The first-order valence-electron chi connectivity index (χ1n) is 9.00. The highest BCUT2D eigenvalue weighted by Crippen LogP contribution is 2.28. The molecule has 0 spiro atoms. The first-order valence-corrected chi connectivity index (χ1v) is 9.00. The number of hydrogen-bond acceptors (Lipinski definition) is 6. The Balaban J connectivity index is 1.47. The van der Waals surface area contributed by atoms with E-state index in [4.69, 9.17) is 9.72 Å². The highest BCUT2D eigenvalue weighted by molar-refractivity contribution is 5.56. The van der Waals surface area contributed by atoms with Crippen molar-refractivity contribution in [1.29, 1.82) is 5.26 Å². The van der Waals surface area contributed by atoms with Crippen LogP contribution in [0.1, 0.15) is 29.7 Å². The van der Waals surface area contributed by atoms with Crippen LogP contribution in [-0.2, 0) is 24.3 Å². The van der Waals surface area contributed by atoms with Crippen molar-refractivity contribution in [2.45, 2.75) is 32.4 Å². The Hall–Kier alpha value is -2.72. The Kier molecular flexibility index (Phi) is 4.67. The molecule has 134 valence electrons. The quantitative estimate of drug-likeness (QED) is 0.833. The highest BCUT2D eigenvalue weighted by atomic mass is 16.5. The molecule has 0 saturated carbocycles. The smallest absolute Gasteiger partial charge is 0.253 e. The van der Waals surface area contributed by atoms with E-state index < -0.39 is 0 Å². The summed E-state index contributed by atoms with van der Waals surface area (Å²) < 4.78 is 7.14. The van der Waals surface area contributed by atoms with E-state index in [0.717, 1.165) is 49.4 Å². The molecule has 0 N–H and O–H groups in total. The van der Waals surface area contributed by atoms with Gasteiger partial charge in [0.05, 0.1) is 30.8 Å². The maximum atomic E-state index is 11.9. The summed E-state index contributed by atoms with van der Waals surface area (Å²) in [5, 5.41) is 9.53. The Morgan fingerprint density at radius 3 is 2.96 bits per heavy atom. The van der Waals surface area contributed by atoms with Gasteiger partial charge in [-0.2, -0.15) is 5.26 Å². The van der Waals surface area contributed by atoms with Gasteiger partial charge >= 0.3 is 0 Å². The molecule has 2 aliphatic rings. The van der Waals surface area contributed by atoms with Crippen molar-refractivity contribution in [3.8, 4) is 6.07 Å². The van der Waals surface area contributed by atoms with E-state index in [0.29, 0.717) is 31.2 Å². The van der Waals surface area contributed by atoms with Gasteiger partial charge in [0.1, 0.15) is 11.9 Å². The first-order chi connectivity index (χ1) is 12.7. The maximum absolute atomic E-state index is 11.9. The highest BCUT2D eigenvalue weighted by Gasteiger charge is 2.24. The third-order valence-corrected chi connectivity index (χ3v) is 5.19. The third-order valence-electron chi connectivity index (χ3n) is 5.19. The number of nitrogens with zero attached hydrogens (tertiary/aromatic N) is 5. The van der Waals surface area contributed by atoms with Gasteiger partial charge < -0.3 is 9.64 Å². The Morgan fingerprint density at radius 2 is 2.19 bits per heavy atom. The third kappa shape index (κ3) is 3.33. The number of pyridine rings is 1. The molecule has 7 heteroatoms. The van der Waals surface area contributed by atoms with Crippen LogP contribution in [0, 0.1) is 17.2 Å². The van der Waals surface area contributed by atoms with Gasteiger partial charge in [-0.1, -0.05) is 0 Å². The zero-order valence-corrected chi connectivity index (χ0v) is 14.6. The second-order valence-electron chi connectivity index (χ2n) is 6.88. The van der Waals surface area contributed by atoms with E-state index in [2.05, 4.69) is 16.0 Å². The van der Waals surface area contributed by atoms with Gasteiger partial charge in [-0.25, -0.2) is 9.97 Å². The zero-order chi connectivity index (χ0) is 17.9. The minimum absolute atomic E-state index is 0.00670. The molecule has 26 heavy (non-hydrogen) atoms. The molecule has 2 aromatic rings. The lowest BCUT2D eigenvalue weighted by Crippen LogP contribution is -2.37. The molecule has 0 unspecified atom stereocenters. The summed E-state index contributed by atoms with van der Waals surface area (Å²) in [7, 11) is 0. The van der Waals surface area contributed by atoms with Crippen molar-refractivity contribution in [3.63, 3.8) is 0 Å². The van der Waals surface area contributed by atoms with E-state index in [9.17, 15) is 10.1 Å². The SMILES string of the molecule is N#Cc1cc2c(nc1N1CCC(Cn3cnccc3=O)CC1)CCOC2. The number of aromatic nitrogens is 3. The lowest BCUT2D eigenvalue weighted by atomic mass is 9.96.